The van der Waals surface area contributed by atoms with E-state index in [0.29, 0.717) is 0 Å². The molecule has 0 aromatic rings. The third kappa shape index (κ3) is 7.14. The van der Waals surface area contributed by atoms with E-state index in [4.69, 9.17) is 0 Å². The van der Waals surface area contributed by atoms with E-state index < -0.39 is 0 Å². The summed E-state index contributed by atoms with van der Waals surface area (Å²) >= 11 is 0. The van der Waals surface area contributed by atoms with Gasteiger partial charge in [0.25, 0.3) is 0 Å². The maximum atomic E-state index is 3.91. The SMILES string of the molecule is C=C1CCCCC1.CC.CN1CCC1. The maximum Gasteiger partial charge on any atom is -0.000959 e. The molecule has 1 saturated carbocycles. The van der Waals surface area contributed by atoms with Gasteiger partial charge in [-0.3, -0.25) is 0 Å². The highest BCUT2D eigenvalue weighted by Crippen LogP contribution is 2.20. The summed E-state index contributed by atoms with van der Waals surface area (Å²) in [5.74, 6) is 0. The van der Waals surface area contributed by atoms with E-state index in [-0.39, 0.29) is 0 Å². The Morgan fingerprint density at radius 3 is 1.50 bits per heavy atom. The molecule has 1 aliphatic heterocycles. The Hall–Kier alpha value is -0.300. The topological polar surface area (TPSA) is 3.24 Å². The second-order valence-corrected chi connectivity index (χ2v) is 3.97. The molecule has 0 amide bonds. The Morgan fingerprint density at radius 1 is 0.929 bits per heavy atom. The van der Waals surface area contributed by atoms with Crippen molar-refractivity contribution in [2.75, 3.05) is 20.1 Å². The number of likely N-dealkylation sites (tertiary alicyclic amines) is 1. The normalized spacial score (nSPS) is 20.9. The molecule has 0 atom stereocenters. The molecule has 0 bridgehead atoms. The molecule has 2 rings (SSSR count). The van der Waals surface area contributed by atoms with Crippen molar-refractivity contribution >= 4 is 0 Å². The number of nitrogens with zero attached hydrogens (tertiary/aromatic N) is 1. The Balaban J connectivity index is 0.000000213. The Kier molecular flexibility index (Phi) is 9.06. The van der Waals surface area contributed by atoms with E-state index in [9.17, 15) is 0 Å². The molecule has 1 heterocycles. The van der Waals surface area contributed by atoms with Crippen molar-refractivity contribution in [3.05, 3.63) is 12.2 Å². The van der Waals surface area contributed by atoms with Gasteiger partial charge in [-0.2, -0.15) is 0 Å². The van der Waals surface area contributed by atoms with Gasteiger partial charge in [0.1, 0.15) is 0 Å². The maximum absolute atomic E-state index is 3.91. The van der Waals surface area contributed by atoms with Crippen LogP contribution in [-0.4, -0.2) is 25.0 Å². The summed E-state index contributed by atoms with van der Waals surface area (Å²) in [6, 6.07) is 0. The molecule has 84 valence electrons. The zero-order valence-electron chi connectivity index (χ0n) is 10.3. The largest absolute Gasteiger partial charge is 0.306 e. The number of hydrogen-bond donors (Lipinski definition) is 0. The van der Waals surface area contributed by atoms with Crippen LogP contribution in [0.3, 0.4) is 0 Å². The standard InChI is InChI=1S/C7H12.C4H9N.C2H6/c1-7-5-3-2-4-6-7;1-5-3-2-4-5;1-2/h1-6H2;2-4H2,1H3;1-2H3. The van der Waals surface area contributed by atoms with Gasteiger partial charge in [-0.1, -0.05) is 32.4 Å². The van der Waals surface area contributed by atoms with E-state index >= 15 is 0 Å². The average molecular weight is 197 g/mol. The highest BCUT2D eigenvalue weighted by atomic mass is 15.1. The zero-order valence-corrected chi connectivity index (χ0v) is 10.3. The van der Waals surface area contributed by atoms with Crippen LogP contribution in [0.2, 0.25) is 0 Å². The molecule has 0 spiro atoms. The van der Waals surface area contributed by atoms with Crippen LogP contribution in [0.5, 0.6) is 0 Å². The van der Waals surface area contributed by atoms with Crippen molar-refractivity contribution in [1.29, 1.82) is 0 Å². The molecule has 1 saturated heterocycles. The molecule has 0 unspecified atom stereocenters. The molecule has 0 aromatic carbocycles. The van der Waals surface area contributed by atoms with Crippen molar-refractivity contribution in [3.8, 4) is 0 Å². The van der Waals surface area contributed by atoms with Crippen LogP contribution in [0.15, 0.2) is 12.2 Å². The first-order valence-electron chi connectivity index (χ1n) is 6.14. The monoisotopic (exact) mass is 197 g/mol. The molecule has 2 aliphatic rings. The summed E-state index contributed by atoms with van der Waals surface area (Å²) < 4.78 is 0. The first kappa shape index (κ1) is 13.7. The lowest BCUT2D eigenvalue weighted by atomic mass is 9.97. The van der Waals surface area contributed by atoms with E-state index in [1.54, 1.807) is 0 Å². The Morgan fingerprint density at radius 2 is 1.36 bits per heavy atom. The quantitative estimate of drug-likeness (QED) is 0.533. The van der Waals surface area contributed by atoms with Crippen LogP contribution >= 0.6 is 0 Å². The fraction of sp³-hybridized carbons (Fsp3) is 0.846. The average Bonchev–Trinajstić information content (AvgIpc) is 2.20. The molecule has 14 heavy (non-hydrogen) atoms. The van der Waals surface area contributed by atoms with Crippen LogP contribution in [0, 0.1) is 0 Å². The first-order valence-corrected chi connectivity index (χ1v) is 6.14. The number of rotatable bonds is 0. The molecular formula is C13H27N. The van der Waals surface area contributed by atoms with Gasteiger partial charge < -0.3 is 4.90 Å². The number of hydrogen-bond acceptors (Lipinski definition) is 1. The van der Waals surface area contributed by atoms with Crippen LogP contribution in [0.25, 0.3) is 0 Å². The molecule has 1 heteroatoms. The second-order valence-electron chi connectivity index (χ2n) is 3.97. The molecule has 1 aliphatic carbocycles. The van der Waals surface area contributed by atoms with Crippen molar-refractivity contribution in [1.82, 2.24) is 4.90 Å². The smallest absolute Gasteiger partial charge is 0.000959 e. The highest BCUT2D eigenvalue weighted by Gasteiger charge is 2.04. The third-order valence-electron chi connectivity index (χ3n) is 2.64. The minimum absolute atomic E-state index is 1.29. The van der Waals surface area contributed by atoms with Crippen LogP contribution in [0.4, 0.5) is 0 Å². The summed E-state index contributed by atoms with van der Waals surface area (Å²) in [6.07, 6.45) is 8.20. The molecule has 0 N–H and O–H groups in total. The van der Waals surface area contributed by atoms with Gasteiger partial charge in [-0.05, 0) is 52.2 Å². The van der Waals surface area contributed by atoms with E-state index in [1.807, 2.05) is 13.8 Å². The summed E-state index contributed by atoms with van der Waals surface area (Å²) in [5, 5.41) is 0. The lowest BCUT2D eigenvalue weighted by Crippen LogP contribution is -2.32. The lowest BCUT2D eigenvalue weighted by Gasteiger charge is -2.24. The predicted molar refractivity (Wildman–Crippen MR) is 65.7 cm³/mol. The predicted octanol–water partition coefficient (Wildman–Crippen LogP) is 3.85. The summed E-state index contributed by atoms with van der Waals surface area (Å²) in [4.78, 5) is 2.31. The van der Waals surface area contributed by atoms with Gasteiger partial charge in [0.15, 0.2) is 0 Å². The molecule has 0 radical (unpaired) electrons. The molecule has 1 nitrogen and oxygen atoms in total. The second kappa shape index (κ2) is 9.26. The van der Waals surface area contributed by atoms with E-state index in [1.165, 1.54) is 57.2 Å². The van der Waals surface area contributed by atoms with Gasteiger partial charge in [0.2, 0.25) is 0 Å². The minimum Gasteiger partial charge on any atom is -0.306 e. The van der Waals surface area contributed by atoms with Gasteiger partial charge in [0, 0.05) is 0 Å². The zero-order chi connectivity index (χ0) is 10.8. The van der Waals surface area contributed by atoms with Gasteiger partial charge in [0.05, 0.1) is 0 Å². The van der Waals surface area contributed by atoms with Gasteiger partial charge >= 0.3 is 0 Å². The summed E-state index contributed by atoms with van der Waals surface area (Å²) in [7, 11) is 2.14. The van der Waals surface area contributed by atoms with Crippen molar-refractivity contribution in [2.24, 2.45) is 0 Å². The summed E-state index contributed by atoms with van der Waals surface area (Å²) in [5.41, 5.74) is 1.46. The highest BCUT2D eigenvalue weighted by molar-refractivity contribution is 4.95. The van der Waals surface area contributed by atoms with E-state index in [2.05, 4.69) is 18.5 Å². The first-order chi connectivity index (χ1) is 6.79. The van der Waals surface area contributed by atoms with Gasteiger partial charge in [-0.25, -0.2) is 0 Å². The van der Waals surface area contributed by atoms with Crippen LogP contribution < -0.4 is 0 Å². The van der Waals surface area contributed by atoms with Crippen molar-refractivity contribution in [2.45, 2.75) is 52.4 Å². The Labute approximate surface area is 90.2 Å². The van der Waals surface area contributed by atoms with Crippen molar-refractivity contribution < 1.29 is 0 Å². The molecule has 0 aromatic heterocycles. The van der Waals surface area contributed by atoms with Crippen LogP contribution in [0.1, 0.15) is 52.4 Å². The lowest BCUT2D eigenvalue weighted by molar-refractivity contribution is 0.229. The number of allylic oxidation sites excluding steroid dienone is 1. The fourth-order valence-electron chi connectivity index (χ4n) is 1.53. The van der Waals surface area contributed by atoms with Crippen molar-refractivity contribution in [3.63, 3.8) is 0 Å². The van der Waals surface area contributed by atoms with Gasteiger partial charge in [-0.15, -0.1) is 0 Å². The third-order valence-corrected chi connectivity index (χ3v) is 2.64. The Bertz CT molecular complexity index is 128. The minimum atomic E-state index is 1.29. The fourth-order valence-corrected chi connectivity index (χ4v) is 1.53. The summed E-state index contributed by atoms with van der Waals surface area (Å²) in [6.45, 7) is 10.6. The molecule has 2 fully saturated rings. The molecular weight excluding hydrogens is 170 g/mol. The van der Waals surface area contributed by atoms with E-state index in [0.717, 1.165) is 0 Å². The van der Waals surface area contributed by atoms with Crippen LogP contribution in [-0.2, 0) is 0 Å².